The van der Waals surface area contributed by atoms with Crippen LogP contribution in [0.15, 0.2) is 53.5 Å². The van der Waals surface area contributed by atoms with Gasteiger partial charge in [-0.05, 0) is 29.1 Å². The predicted molar refractivity (Wildman–Crippen MR) is 96.8 cm³/mol. The van der Waals surface area contributed by atoms with Crippen molar-refractivity contribution in [2.45, 2.75) is 6.54 Å². The van der Waals surface area contributed by atoms with Crippen molar-refractivity contribution in [2.24, 2.45) is 7.05 Å². The van der Waals surface area contributed by atoms with Crippen LogP contribution in [0.5, 0.6) is 0 Å². The van der Waals surface area contributed by atoms with E-state index in [1.807, 2.05) is 24.3 Å². The molecule has 24 heavy (non-hydrogen) atoms. The first-order valence-corrected chi connectivity index (χ1v) is 8.78. The van der Waals surface area contributed by atoms with Gasteiger partial charge in [-0.15, -0.1) is 0 Å². The van der Waals surface area contributed by atoms with Crippen LogP contribution in [0.1, 0.15) is 5.56 Å². The lowest BCUT2D eigenvalue weighted by molar-refractivity contribution is 0.601. The summed E-state index contributed by atoms with van der Waals surface area (Å²) in [5.41, 5.74) is 2.29. The Balaban J connectivity index is 2.22. The van der Waals surface area contributed by atoms with Crippen LogP contribution < -0.4 is 10.3 Å². The van der Waals surface area contributed by atoms with Gasteiger partial charge in [-0.1, -0.05) is 35.9 Å². The SMILES string of the molecule is Cn1cc(-c2cc(CN[SH](=O)=O)ccc2Cl)c2ccccc2c1=O. The van der Waals surface area contributed by atoms with Crippen molar-refractivity contribution >= 4 is 33.3 Å². The fourth-order valence-electron chi connectivity index (χ4n) is 2.68. The van der Waals surface area contributed by atoms with E-state index in [9.17, 15) is 13.2 Å². The minimum absolute atomic E-state index is 0.0772. The van der Waals surface area contributed by atoms with Gasteiger partial charge in [-0.25, -0.2) is 13.1 Å². The van der Waals surface area contributed by atoms with Gasteiger partial charge in [-0.3, -0.25) is 4.79 Å². The Kier molecular flexibility index (Phi) is 4.71. The molecule has 7 heteroatoms. The average molecular weight is 363 g/mol. The normalized spacial score (nSPS) is 11.3. The van der Waals surface area contributed by atoms with Gasteiger partial charge in [-0.2, -0.15) is 0 Å². The summed E-state index contributed by atoms with van der Waals surface area (Å²) in [6.45, 7) is 0.187. The van der Waals surface area contributed by atoms with Gasteiger partial charge in [0.25, 0.3) is 5.56 Å². The van der Waals surface area contributed by atoms with Crippen LogP contribution in [0.3, 0.4) is 0 Å². The first kappa shape index (κ1) is 16.7. The van der Waals surface area contributed by atoms with E-state index in [-0.39, 0.29) is 12.1 Å². The summed E-state index contributed by atoms with van der Waals surface area (Å²) in [6.07, 6.45) is 1.75. The molecule has 3 aromatic rings. The predicted octanol–water partition coefficient (Wildman–Crippen LogP) is 2.47. The lowest BCUT2D eigenvalue weighted by Gasteiger charge is -2.12. The summed E-state index contributed by atoms with van der Waals surface area (Å²) in [6, 6.07) is 12.7. The van der Waals surface area contributed by atoms with Crippen LogP contribution in [-0.2, 0) is 24.5 Å². The Morgan fingerprint density at radius 3 is 2.50 bits per heavy atom. The number of aryl methyl sites for hydroxylation is 1. The third-order valence-corrected chi connectivity index (χ3v) is 4.57. The molecular weight excluding hydrogens is 348 g/mol. The van der Waals surface area contributed by atoms with E-state index in [2.05, 4.69) is 4.72 Å². The van der Waals surface area contributed by atoms with Gasteiger partial charge in [0.2, 0.25) is 10.9 Å². The first-order valence-electron chi connectivity index (χ1n) is 7.22. The molecule has 1 N–H and O–H groups in total. The fourth-order valence-corrected chi connectivity index (χ4v) is 3.21. The van der Waals surface area contributed by atoms with Gasteiger partial charge >= 0.3 is 0 Å². The molecule has 0 aliphatic heterocycles. The summed E-state index contributed by atoms with van der Waals surface area (Å²) in [5.74, 6) is 0. The van der Waals surface area contributed by atoms with Gasteiger partial charge in [0, 0.05) is 41.3 Å². The number of thiol groups is 1. The largest absolute Gasteiger partial charge is 0.317 e. The molecule has 0 saturated heterocycles. The molecular formula is C17H15ClN2O3S. The highest BCUT2D eigenvalue weighted by Gasteiger charge is 2.12. The maximum Gasteiger partial charge on any atom is 0.258 e. The van der Waals surface area contributed by atoms with Crippen LogP contribution in [0, 0.1) is 0 Å². The topological polar surface area (TPSA) is 68.2 Å². The van der Waals surface area contributed by atoms with Crippen molar-refractivity contribution in [3.05, 3.63) is 69.6 Å². The zero-order valence-corrected chi connectivity index (χ0v) is 14.5. The molecule has 0 fully saturated rings. The van der Waals surface area contributed by atoms with E-state index in [0.29, 0.717) is 10.4 Å². The summed E-state index contributed by atoms with van der Waals surface area (Å²) >= 11 is 6.36. The number of pyridine rings is 1. The van der Waals surface area contributed by atoms with Crippen LogP contribution in [0.25, 0.3) is 21.9 Å². The van der Waals surface area contributed by atoms with Gasteiger partial charge < -0.3 is 4.57 Å². The maximum absolute atomic E-state index is 12.3. The van der Waals surface area contributed by atoms with E-state index < -0.39 is 10.9 Å². The second kappa shape index (κ2) is 6.76. The van der Waals surface area contributed by atoms with Crippen molar-refractivity contribution in [1.82, 2.24) is 9.29 Å². The van der Waals surface area contributed by atoms with Crippen LogP contribution >= 0.6 is 11.6 Å². The number of aromatic nitrogens is 1. The molecule has 0 unspecified atom stereocenters. The molecule has 5 nitrogen and oxygen atoms in total. The summed E-state index contributed by atoms with van der Waals surface area (Å²) in [4.78, 5) is 12.3. The Hall–Kier alpha value is -2.15. The Bertz CT molecular complexity index is 1050. The van der Waals surface area contributed by atoms with Crippen LogP contribution in [0.4, 0.5) is 0 Å². The highest BCUT2D eigenvalue weighted by atomic mass is 35.5. The molecule has 0 radical (unpaired) electrons. The highest BCUT2D eigenvalue weighted by molar-refractivity contribution is 7.70. The van der Waals surface area contributed by atoms with Gasteiger partial charge in [0.15, 0.2) is 0 Å². The van der Waals surface area contributed by atoms with Crippen LogP contribution in [0.2, 0.25) is 5.02 Å². The quantitative estimate of drug-likeness (QED) is 0.701. The van der Waals surface area contributed by atoms with Crippen molar-refractivity contribution in [1.29, 1.82) is 0 Å². The third kappa shape index (κ3) is 3.21. The van der Waals surface area contributed by atoms with E-state index in [1.54, 1.807) is 31.4 Å². The van der Waals surface area contributed by atoms with E-state index in [1.165, 1.54) is 4.57 Å². The minimum atomic E-state index is -2.66. The molecule has 0 aliphatic rings. The monoisotopic (exact) mass is 362 g/mol. The van der Waals surface area contributed by atoms with Crippen LogP contribution in [-0.4, -0.2) is 13.0 Å². The minimum Gasteiger partial charge on any atom is -0.317 e. The molecule has 1 aromatic heterocycles. The molecule has 0 bridgehead atoms. The smallest absolute Gasteiger partial charge is 0.258 e. The van der Waals surface area contributed by atoms with Gasteiger partial charge in [0.1, 0.15) is 0 Å². The van der Waals surface area contributed by atoms with Crippen molar-refractivity contribution in [2.75, 3.05) is 0 Å². The van der Waals surface area contributed by atoms with Crippen molar-refractivity contribution in [3.63, 3.8) is 0 Å². The molecule has 0 aliphatic carbocycles. The van der Waals surface area contributed by atoms with Crippen molar-refractivity contribution in [3.8, 4) is 11.1 Å². The standard InChI is InChI=1S/C17H15ClN2O3S/c1-20-10-15(12-4-2-3-5-13(12)17(20)21)14-8-11(6-7-16(14)18)9-19-24(22)23/h2-8,10,24H,9H2,1H3,(H,19,22,23). The highest BCUT2D eigenvalue weighted by Crippen LogP contribution is 2.33. The fraction of sp³-hybridized carbons (Fsp3) is 0.118. The number of hydrogen-bond donors (Lipinski definition) is 2. The molecule has 0 amide bonds. The lowest BCUT2D eigenvalue weighted by Crippen LogP contribution is -2.16. The second-order valence-corrected chi connectivity index (χ2v) is 6.65. The third-order valence-electron chi connectivity index (χ3n) is 3.82. The lowest BCUT2D eigenvalue weighted by atomic mass is 9.99. The number of halogens is 1. The van der Waals surface area contributed by atoms with E-state index in [0.717, 1.165) is 22.1 Å². The maximum atomic E-state index is 12.3. The molecule has 2 aromatic carbocycles. The molecule has 1 heterocycles. The number of hydrogen-bond acceptors (Lipinski definition) is 3. The van der Waals surface area contributed by atoms with Crippen molar-refractivity contribution < 1.29 is 8.42 Å². The molecule has 0 atom stereocenters. The summed E-state index contributed by atoms with van der Waals surface area (Å²) in [7, 11) is -0.968. The average Bonchev–Trinajstić information content (AvgIpc) is 2.57. The van der Waals surface area contributed by atoms with E-state index >= 15 is 0 Å². The molecule has 0 saturated carbocycles. The summed E-state index contributed by atoms with van der Waals surface area (Å²) in [5, 5.41) is 1.95. The summed E-state index contributed by atoms with van der Waals surface area (Å²) < 4.78 is 25.3. The Morgan fingerprint density at radius 1 is 1.08 bits per heavy atom. The number of nitrogens with one attached hydrogen (secondary N) is 1. The molecule has 3 rings (SSSR count). The zero-order chi connectivity index (χ0) is 17.3. The molecule has 0 spiro atoms. The number of rotatable bonds is 4. The number of nitrogens with zero attached hydrogens (tertiary/aromatic N) is 1. The Labute approximate surface area is 145 Å². The Morgan fingerprint density at radius 2 is 1.79 bits per heavy atom. The van der Waals surface area contributed by atoms with E-state index in [4.69, 9.17) is 11.6 Å². The molecule has 124 valence electrons. The van der Waals surface area contributed by atoms with Gasteiger partial charge in [0.05, 0.1) is 0 Å². The number of fused-ring (bicyclic) bond motifs is 1. The number of benzene rings is 2. The zero-order valence-electron chi connectivity index (χ0n) is 12.8. The second-order valence-electron chi connectivity index (χ2n) is 5.41. The first-order chi connectivity index (χ1) is 11.5.